The highest BCUT2D eigenvalue weighted by molar-refractivity contribution is 5.95. The van der Waals surface area contributed by atoms with Crippen LogP contribution >= 0.6 is 0 Å². The van der Waals surface area contributed by atoms with Gasteiger partial charge in [0.1, 0.15) is 0 Å². The lowest BCUT2D eigenvalue weighted by molar-refractivity contribution is -0.136. The molecule has 0 saturated heterocycles. The Morgan fingerprint density at radius 3 is 2.69 bits per heavy atom. The number of carboxylic acids is 1. The number of hydrogen-bond donors (Lipinski definition) is 2. The van der Waals surface area contributed by atoms with Gasteiger partial charge in [-0.2, -0.15) is 0 Å². The van der Waals surface area contributed by atoms with E-state index in [1.165, 1.54) is 0 Å². The molecule has 0 aromatic heterocycles. The molecule has 0 saturated carbocycles. The standard InChI is InChI=1S/C22H30O4/c1-2-3-8-12-19(23)15-16-20-18(14-17-21(20)24)11-9-6-4-5-7-10-13-22(25)26/h3,5-9,14-20,23H,2,4,10-13H2,1H3,(H,25,26)/b7-5-,8-3-,9-6-,16-15+/t18-,19+,20-/m0/s1. The van der Waals surface area contributed by atoms with Crippen LogP contribution in [0, 0.1) is 11.8 Å². The van der Waals surface area contributed by atoms with Gasteiger partial charge in [0, 0.05) is 12.3 Å². The number of rotatable bonds is 12. The fourth-order valence-corrected chi connectivity index (χ4v) is 2.70. The fraction of sp³-hybridized carbons (Fsp3) is 0.455. The maximum Gasteiger partial charge on any atom is 0.303 e. The smallest absolute Gasteiger partial charge is 0.303 e. The van der Waals surface area contributed by atoms with E-state index in [0.29, 0.717) is 12.8 Å². The molecule has 0 aromatic carbocycles. The van der Waals surface area contributed by atoms with Gasteiger partial charge >= 0.3 is 5.97 Å². The van der Waals surface area contributed by atoms with Crippen molar-refractivity contribution in [1.82, 2.24) is 0 Å². The fourth-order valence-electron chi connectivity index (χ4n) is 2.70. The van der Waals surface area contributed by atoms with Crippen LogP contribution in [-0.2, 0) is 9.59 Å². The lowest BCUT2D eigenvalue weighted by atomic mass is 9.91. The van der Waals surface area contributed by atoms with Crippen LogP contribution in [0.2, 0.25) is 0 Å². The first kappa shape index (κ1) is 21.8. The minimum atomic E-state index is -0.784. The van der Waals surface area contributed by atoms with Crippen LogP contribution in [-0.4, -0.2) is 28.1 Å². The predicted molar refractivity (Wildman–Crippen MR) is 105 cm³/mol. The summed E-state index contributed by atoms with van der Waals surface area (Å²) in [5.41, 5.74) is 0. The van der Waals surface area contributed by atoms with Crippen LogP contribution < -0.4 is 0 Å². The number of ketones is 1. The Hall–Kier alpha value is -2.20. The van der Waals surface area contributed by atoms with Crippen molar-refractivity contribution in [2.45, 2.75) is 51.6 Å². The second-order valence-electron chi connectivity index (χ2n) is 6.37. The summed E-state index contributed by atoms with van der Waals surface area (Å²) < 4.78 is 0. The first-order valence-corrected chi connectivity index (χ1v) is 9.29. The third-order valence-corrected chi connectivity index (χ3v) is 4.16. The van der Waals surface area contributed by atoms with Gasteiger partial charge in [0.05, 0.1) is 6.10 Å². The molecule has 1 rings (SSSR count). The van der Waals surface area contributed by atoms with Crippen LogP contribution in [0.25, 0.3) is 0 Å². The van der Waals surface area contributed by atoms with Crippen LogP contribution in [0.5, 0.6) is 0 Å². The topological polar surface area (TPSA) is 74.6 Å². The molecule has 3 atom stereocenters. The minimum Gasteiger partial charge on any atom is -0.481 e. The van der Waals surface area contributed by atoms with Gasteiger partial charge < -0.3 is 10.2 Å². The van der Waals surface area contributed by atoms with Gasteiger partial charge in [0.15, 0.2) is 5.78 Å². The van der Waals surface area contributed by atoms with Crippen molar-refractivity contribution in [3.05, 3.63) is 60.8 Å². The van der Waals surface area contributed by atoms with Gasteiger partial charge in [0.25, 0.3) is 0 Å². The lowest BCUT2D eigenvalue weighted by Gasteiger charge is -2.13. The number of aliphatic hydroxyl groups is 1. The third-order valence-electron chi connectivity index (χ3n) is 4.16. The SMILES string of the molecule is CC/C=C\C[C@@H](O)/C=C/[C@@H]1C(=O)C=C[C@@H]1C/C=C\C/C=C\CCC(=O)O. The average molecular weight is 358 g/mol. The molecule has 0 unspecified atom stereocenters. The van der Waals surface area contributed by atoms with E-state index in [2.05, 4.69) is 6.08 Å². The predicted octanol–water partition coefficient (Wildman–Crippen LogP) is 4.39. The first-order valence-electron chi connectivity index (χ1n) is 9.29. The molecular weight excluding hydrogens is 328 g/mol. The van der Waals surface area contributed by atoms with Crippen LogP contribution in [0.1, 0.15) is 45.4 Å². The lowest BCUT2D eigenvalue weighted by Crippen LogP contribution is -2.14. The summed E-state index contributed by atoms with van der Waals surface area (Å²) in [6.07, 6.45) is 22.2. The quantitative estimate of drug-likeness (QED) is 0.507. The van der Waals surface area contributed by atoms with E-state index >= 15 is 0 Å². The van der Waals surface area contributed by atoms with E-state index in [1.54, 1.807) is 12.2 Å². The molecule has 0 aliphatic heterocycles. The zero-order valence-electron chi connectivity index (χ0n) is 15.5. The molecule has 0 amide bonds. The highest BCUT2D eigenvalue weighted by Gasteiger charge is 2.26. The highest BCUT2D eigenvalue weighted by atomic mass is 16.4. The molecule has 142 valence electrons. The second-order valence-corrected chi connectivity index (χ2v) is 6.37. The molecule has 4 nitrogen and oxygen atoms in total. The molecule has 0 aromatic rings. The molecule has 0 radical (unpaired) electrons. The Morgan fingerprint density at radius 1 is 1.19 bits per heavy atom. The summed E-state index contributed by atoms with van der Waals surface area (Å²) in [5.74, 6) is -0.766. The first-order chi connectivity index (χ1) is 12.5. The Kier molecular flexibility index (Phi) is 11.0. The van der Waals surface area contributed by atoms with Crippen molar-refractivity contribution in [1.29, 1.82) is 0 Å². The Labute approximate surface area is 156 Å². The number of carbonyl (C=O) groups is 2. The van der Waals surface area contributed by atoms with Gasteiger partial charge in [-0.05, 0) is 44.1 Å². The van der Waals surface area contributed by atoms with E-state index in [0.717, 1.165) is 19.3 Å². The average Bonchev–Trinajstić information content (AvgIpc) is 2.95. The van der Waals surface area contributed by atoms with Crippen LogP contribution in [0.4, 0.5) is 0 Å². The largest absolute Gasteiger partial charge is 0.481 e. The van der Waals surface area contributed by atoms with Gasteiger partial charge in [-0.1, -0.05) is 61.6 Å². The summed E-state index contributed by atoms with van der Waals surface area (Å²) in [4.78, 5) is 22.4. The molecule has 1 aliphatic carbocycles. The molecule has 2 N–H and O–H groups in total. The highest BCUT2D eigenvalue weighted by Crippen LogP contribution is 2.27. The molecule has 0 heterocycles. The number of hydrogen-bond acceptors (Lipinski definition) is 3. The van der Waals surface area contributed by atoms with Gasteiger partial charge in [-0.3, -0.25) is 9.59 Å². The molecule has 0 spiro atoms. The van der Waals surface area contributed by atoms with Gasteiger partial charge in [-0.25, -0.2) is 0 Å². The summed E-state index contributed by atoms with van der Waals surface area (Å²) in [5, 5.41) is 18.5. The van der Waals surface area contributed by atoms with E-state index in [4.69, 9.17) is 5.11 Å². The van der Waals surface area contributed by atoms with Crippen molar-refractivity contribution in [3.63, 3.8) is 0 Å². The van der Waals surface area contributed by atoms with Gasteiger partial charge in [0.2, 0.25) is 0 Å². The number of allylic oxidation sites excluding steroid dienone is 8. The minimum absolute atomic E-state index is 0.0875. The molecular formula is C22H30O4. The number of carbonyl (C=O) groups excluding carboxylic acids is 1. The maximum absolute atomic E-state index is 12.0. The van der Waals surface area contributed by atoms with Crippen molar-refractivity contribution in [3.8, 4) is 0 Å². The van der Waals surface area contributed by atoms with Crippen molar-refractivity contribution in [2.75, 3.05) is 0 Å². The second kappa shape index (κ2) is 13.1. The Bertz CT molecular complexity index is 581. The monoisotopic (exact) mass is 358 g/mol. The van der Waals surface area contributed by atoms with Crippen molar-refractivity contribution < 1.29 is 19.8 Å². The number of aliphatic carboxylic acids is 1. The van der Waals surface area contributed by atoms with Gasteiger partial charge in [-0.15, -0.1) is 0 Å². The Morgan fingerprint density at radius 2 is 1.96 bits per heavy atom. The summed E-state index contributed by atoms with van der Waals surface area (Å²) in [7, 11) is 0. The van der Waals surface area contributed by atoms with E-state index < -0.39 is 12.1 Å². The molecule has 0 fully saturated rings. The summed E-state index contributed by atoms with van der Waals surface area (Å²) in [6, 6.07) is 0. The Balaban J connectivity index is 2.39. The molecule has 26 heavy (non-hydrogen) atoms. The summed E-state index contributed by atoms with van der Waals surface area (Å²) >= 11 is 0. The molecule has 4 heteroatoms. The van der Waals surface area contributed by atoms with Crippen molar-refractivity contribution in [2.24, 2.45) is 11.8 Å². The van der Waals surface area contributed by atoms with Crippen LogP contribution in [0.3, 0.4) is 0 Å². The van der Waals surface area contributed by atoms with E-state index in [-0.39, 0.29) is 24.0 Å². The zero-order valence-corrected chi connectivity index (χ0v) is 15.5. The van der Waals surface area contributed by atoms with E-state index in [9.17, 15) is 14.7 Å². The molecule has 1 aliphatic rings. The molecule has 0 bridgehead atoms. The van der Waals surface area contributed by atoms with Crippen molar-refractivity contribution >= 4 is 11.8 Å². The van der Waals surface area contributed by atoms with Crippen LogP contribution in [0.15, 0.2) is 60.8 Å². The van der Waals surface area contributed by atoms with E-state index in [1.807, 2.05) is 49.5 Å². The normalized spacial score (nSPS) is 21.8. The summed E-state index contributed by atoms with van der Waals surface area (Å²) in [6.45, 7) is 2.05. The third kappa shape index (κ3) is 9.33. The maximum atomic E-state index is 12.0. The number of carboxylic acid groups (broad SMARTS) is 1. The number of aliphatic hydroxyl groups excluding tert-OH is 1. The zero-order chi connectivity index (χ0) is 19.2.